The van der Waals surface area contributed by atoms with Crippen LogP contribution in [0.2, 0.25) is 0 Å². The minimum atomic E-state index is -0.0716. The normalized spacial score (nSPS) is 19.5. The van der Waals surface area contributed by atoms with Crippen molar-refractivity contribution in [1.29, 1.82) is 0 Å². The molecule has 3 heterocycles. The van der Waals surface area contributed by atoms with Gasteiger partial charge in [0.25, 0.3) is 0 Å². The molecule has 0 aromatic carbocycles. The average Bonchev–Trinajstić information content (AvgIpc) is 2.86. The number of nitrogens with zero attached hydrogens (tertiary/aromatic N) is 4. The van der Waals surface area contributed by atoms with E-state index in [0.717, 1.165) is 29.4 Å². The molecule has 2 N–H and O–H groups in total. The minimum absolute atomic E-state index is 0.0716. The van der Waals surface area contributed by atoms with Crippen LogP contribution in [0.1, 0.15) is 11.9 Å². The van der Waals surface area contributed by atoms with E-state index >= 15 is 0 Å². The van der Waals surface area contributed by atoms with E-state index in [2.05, 4.69) is 15.1 Å². The lowest BCUT2D eigenvalue weighted by molar-refractivity contribution is 0.0696. The summed E-state index contributed by atoms with van der Waals surface area (Å²) in [6, 6.07) is 1.76. The van der Waals surface area contributed by atoms with E-state index in [0.29, 0.717) is 11.6 Å². The summed E-state index contributed by atoms with van der Waals surface area (Å²) in [6.45, 7) is 0.732. The second-order valence-corrected chi connectivity index (χ2v) is 5.52. The van der Waals surface area contributed by atoms with Gasteiger partial charge in [-0.25, -0.2) is 9.97 Å². The Hall–Kier alpha value is -1.60. The van der Waals surface area contributed by atoms with Gasteiger partial charge in [-0.1, -0.05) is 0 Å². The first-order chi connectivity index (χ1) is 9.22. The topological polar surface area (TPSA) is 78.9 Å². The molecule has 0 amide bonds. The summed E-state index contributed by atoms with van der Waals surface area (Å²) in [5, 5.41) is 4.14. The molecule has 0 saturated carbocycles. The molecular weight excluding hydrogens is 262 g/mol. The second-order valence-electron chi connectivity index (χ2n) is 4.37. The predicted octanol–water partition coefficient (Wildman–Crippen LogP) is 1.26. The maximum absolute atomic E-state index is 5.87. The second kappa shape index (κ2) is 5.18. The van der Waals surface area contributed by atoms with Gasteiger partial charge in [-0.3, -0.25) is 4.68 Å². The molecule has 1 unspecified atom stereocenters. The quantitative estimate of drug-likeness (QED) is 0.890. The van der Waals surface area contributed by atoms with Crippen LogP contribution >= 0.6 is 11.8 Å². The van der Waals surface area contributed by atoms with Crippen molar-refractivity contribution in [2.45, 2.75) is 6.10 Å². The van der Waals surface area contributed by atoms with Crippen molar-refractivity contribution < 1.29 is 4.74 Å². The van der Waals surface area contributed by atoms with Gasteiger partial charge < -0.3 is 10.5 Å². The maximum atomic E-state index is 5.87. The number of nitrogens with two attached hydrogens (primary N) is 1. The molecule has 7 heteroatoms. The lowest BCUT2D eigenvalue weighted by Crippen LogP contribution is -2.18. The number of anilines is 1. The fourth-order valence-corrected chi connectivity index (χ4v) is 2.81. The van der Waals surface area contributed by atoms with Crippen LogP contribution in [0, 0.1) is 0 Å². The fourth-order valence-electron chi connectivity index (χ4n) is 1.97. The molecule has 6 nitrogen and oxygen atoms in total. The molecule has 2 aromatic rings. The van der Waals surface area contributed by atoms with Gasteiger partial charge in [-0.05, 0) is 0 Å². The standard InChI is InChI=1S/C12H15N5OS/c1-17-6-8(5-14-17)9-4-11(13)16-12(15-9)10-7-19-3-2-18-10/h4-6,10H,2-3,7H2,1H3,(H2,13,15,16). The van der Waals surface area contributed by atoms with Gasteiger partial charge in [-0.2, -0.15) is 16.9 Å². The summed E-state index contributed by atoms with van der Waals surface area (Å²) < 4.78 is 7.43. The average molecular weight is 277 g/mol. The Morgan fingerprint density at radius 1 is 1.47 bits per heavy atom. The highest BCUT2D eigenvalue weighted by molar-refractivity contribution is 7.99. The van der Waals surface area contributed by atoms with Crippen LogP contribution in [-0.2, 0) is 11.8 Å². The van der Waals surface area contributed by atoms with E-state index in [9.17, 15) is 0 Å². The summed E-state index contributed by atoms with van der Waals surface area (Å²) in [5.74, 6) is 3.01. The number of thioether (sulfide) groups is 1. The zero-order valence-electron chi connectivity index (χ0n) is 10.6. The van der Waals surface area contributed by atoms with Gasteiger partial charge in [0.15, 0.2) is 5.82 Å². The first-order valence-electron chi connectivity index (χ1n) is 6.05. The molecule has 1 atom stereocenters. The third-order valence-electron chi connectivity index (χ3n) is 2.87. The first-order valence-corrected chi connectivity index (χ1v) is 7.20. The predicted molar refractivity (Wildman–Crippen MR) is 74.7 cm³/mol. The third kappa shape index (κ3) is 2.71. The van der Waals surface area contributed by atoms with Gasteiger partial charge in [-0.15, -0.1) is 0 Å². The molecule has 3 rings (SSSR count). The van der Waals surface area contributed by atoms with Crippen LogP contribution in [0.5, 0.6) is 0 Å². The van der Waals surface area contributed by atoms with Gasteiger partial charge in [0, 0.05) is 36.4 Å². The highest BCUT2D eigenvalue weighted by Gasteiger charge is 2.20. The van der Waals surface area contributed by atoms with Crippen molar-refractivity contribution in [2.75, 3.05) is 23.8 Å². The number of aryl methyl sites for hydroxylation is 1. The maximum Gasteiger partial charge on any atom is 0.160 e. The summed E-state index contributed by atoms with van der Waals surface area (Å²) in [5.41, 5.74) is 7.59. The number of hydrogen-bond acceptors (Lipinski definition) is 6. The molecule has 100 valence electrons. The number of ether oxygens (including phenoxy) is 1. The minimum Gasteiger partial charge on any atom is -0.384 e. The van der Waals surface area contributed by atoms with Crippen molar-refractivity contribution >= 4 is 17.6 Å². The lowest BCUT2D eigenvalue weighted by Gasteiger charge is -2.21. The third-order valence-corrected chi connectivity index (χ3v) is 3.86. The molecule has 0 bridgehead atoms. The molecule has 2 aromatic heterocycles. The van der Waals surface area contributed by atoms with Crippen LogP contribution in [0.3, 0.4) is 0 Å². The molecule has 1 aliphatic rings. The number of hydrogen-bond donors (Lipinski definition) is 1. The van der Waals surface area contributed by atoms with Crippen molar-refractivity contribution in [1.82, 2.24) is 19.7 Å². The molecule has 0 radical (unpaired) electrons. The Morgan fingerprint density at radius 3 is 3.05 bits per heavy atom. The Balaban J connectivity index is 1.95. The Morgan fingerprint density at radius 2 is 2.37 bits per heavy atom. The van der Waals surface area contributed by atoms with Gasteiger partial charge in [0.05, 0.1) is 18.5 Å². The largest absolute Gasteiger partial charge is 0.384 e. The Bertz CT molecular complexity index is 579. The van der Waals surface area contributed by atoms with Crippen LogP contribution in [0.25, 0.3) is 11.3 Å². The first kappa shape index (κ1) is 12.4. The molecule has 1 saturated heterocycles. The monoisotopic (exact) mass is 277 g/mol. The SMILES string of the molecule is Cn1cc(-c2cc(N)nc(C3CSCCO3)n2)cn1. The number of rotatable bonds is 2. The number of aromatic nitrogens is 4. The lowest BCUT2D eigenvalue weighted by atomic mass is 10.2. The zero-order chi connectivity index (χ0) is 13.2. The summed E-state index contributed by atoms with van der Waals surface area (Å²) in [6.07, 6.45) is 3.60. The van der Waals surface area contributed by atoms with Crippen molar-refractivity contribution in [3.8, 4) is 11.3 Å². The fraction of sp³-hybridized carbons (Fsp3) is 0.417. The number of nitrogen functional groups attached to an aromatic ring is 1. The van der Waals surface area contributed by atoms with E-state index in [1.807, 2.05) is 25.0 Å². The highest BCUT2D eigenvalue weighted by atomic mass is 32.2. The van der Waals surface area contributed by atoms with E-state index in [-0.39, 0.29) is 6.10 Å². The summed E-state index contributed by atoms with van der Waals surface area (Å²) in [7, 11) is 1.87. The molecule has 0 spiro atoms. The smallest absolute Gasteiger partial charge is 0.160 e. The zero-order valence-corrected chi connectivity index (χ0v) is 11.4. The van der Waals surface area contributed by atoms with E-state index < -0.39 is 0 Å². The Kier molecular flexibility index (Phi) is 3.39. The summed E-state index contributed by atoms with van der Waals surface area (Å²) in [4.78, 5) is 8.85. The summed E-state index contributed by atoms with van der Waals surface area (Å²) >= 11 is 1.85. The van der Waals surface area contributed by atoms with Crippen molar-refractivity contribution in [3.63, 3.8) is 0 Å². The van der Waals surface area contributed by atoms with Gasteiger partial charge in [0.2, 0.25) is 0 Å². The van der Waals surface area contributed by atoms with Crippen LogP contribution < -0.4 is 5.73 Å². The van der Waals surface area contributed by atoms with Crippen LogP contribution in [-0.4, -0.2) is 37.9 Å². The molecule has 1 aliphatic heterocycles. The highest BCUT2D eigenvalue weighted by Crippen LogP contribution is 2.27. The Labute approximate surface area is 115 Å². The molecule has 0 aliphatic carbocycles. The van der Waals surface area contributed by atoms with E-state index in [1.54, 1.807) is 16.9 Å². The van der Waals surface area contributed by atoms with Gasteiger partial charge >= 0.3 is 0 Å². The van der Waals surface area contributed by atoms with Gasteiger partial charge in [0.1, 0.15) is 11.9 Å². The van der Waals surface area contributed by atoms with Crippen molar-refractivity contribution in [3.05, 3.63) is 24.3 Å². The van der Waals surface area contributed by atoms with Crippen LogP contribution in [0.4, 0.5) is 5.82 Å². The van der Waals surface area contributed by atoms with Crippen molar-refractivity contribution in [2.24, 2.45) is 7.05 Å². The molecule has 19 heavy (non-hydrogen) atoms. The van der Waals surface area contributed by atoms with E-state index in [4.69, 9.17) is 10.5 Å². The molecular formula is C12H15N5OS. The molecule has 1 fully saturated rings. The van der Waals surface area contributed by atoms with Crippen LogP contribution in [0.15, 0.2) is 18.5 Å². The van der Waals surface area contributed by atoms with E-state index in [1.165, 1.54) is 0 Å².